The van der Waals surface area contributed by atoms with Gasteiger partial charge in [0, 0.05) is 11.8 Å². The van der Waals surface area contributed by atoms with Gasteiger partial charge in [0.05, 0.1) is 11.7 Å². The van der Waals surface area contributed by atoms with E-state index in [4.69, 9.17) is 0 Å². The molecule has 2 fully saturated rings. The molecule has 23 heavy (non-hydrogen) atoms. The van der Waals surface area contributed by atoms with Crippen LogP contribution >= 0.6 is 0 Å². The van der Waals surface area contributed by atoms with E-state index in [-0.39, 0.29) is 23.5 Å². The Balaban J connectivity index is 1.95. The maximum Gasteiger partial charge on any atom is 0.161 e. The van der Waals surface area contributed by atoms with Crippen molar-refractivity contribution >= 4 is 5.78 Å². The Morgan fingerprint density at radius 1 is 1.39 bits per heavy atom. The molecule has 2 N–H and O–H groups in total. The fraction of sp³-hybridized carbons (Fsp3) is 0.650. The van der Waals surface area contributed by atoms with Gasteiger partial charge in [-0.3, -0.25) is 4.79 Å². The van der Waals surface area contributed by atoms with Gasteiger partial charge in [-0.2, -0.15) is 0 Å². The Morgan fingerprint density at radius 2 is 2.13 bits per heavy atom. The van der Waals surface area contributed by atoms with Crippen LogP contribution in [0.5, 0.6) is 0 Å². The molecule has 1 unspecified atom stereocenters. The minimum Gasteiger partial charge on any atom is -0.392 e. The van der Waals surface area contributed by atoms with Crippen LogP contribution in [0, 0.1) is 17.8 Å². The molecule has 0 saturated heterocycles. The average Bonchev–Trinajstić information content (AvgIpc) is 2.97. The van der Waals surface area contributed by atoms with Gasteiger partial charge in [0.25, 0.3) is 0 Å². The van der Waals surface area contributed by atoms with Crippen molar-refractivity contribution < 1.29 is 15.0 Å². The van der Waals surface area contributed by atoms with E-state index in [9.17, 15) is 15.0 Å². The lowest BCUT2D eigenvalue weighted by Crippen LogP contribution is -2.25. The van der Waals surface area contributed by atoms with E-state index in [1.54, 1.807) is 6.08 Å². The number of carbonyl (C=O) groups is 1. The Labute approximate surface area is 139 Å². The second-order valence-electron chi connectivity index (χ2n) is 7.22. The quantitative estimate of drug-likeness (QED) is 0.409. The monoisotopic (exact) mass is 318 g/mol. The normalized spacial score (nSPS) is 33.2. The second-order valence-corrected chi connectivity index (χ2v) is 7.22. The molecule has 0 radical (unpaired) electrons. The lowest BCUT2D eigenvalue weighted by atomic mass is 9.88. The summed E-state index contributed by atoms with van der Waals surface area (Å²) in [6.45, 7) is 9.74. The van der Waals surface area contributed by atoms with E-state index in [1.165, 1.54) is 0 Å². The summed E-state index contributed by atoms with van der Waals surface area (Å²) in [7, 11) is 0. The third kappa shape index (κ3) is 4.02. The molecule has 2 rings (SSSR count). The van der Waals surface area contributed by atoms with Crippen molar-refractivity contribution in [2.24, 2.45) is 17.8 Å². The van der Waals surface area contributed by atoms with E-state index in [2.05, 4.69) is 20.1 Å². The van der Waals surface area contributed by atoms with Crippen LogP contribution in [0.25, 0.3) is 0 Å². The predicted octanol–water partition coefficient (Wildman–Crippen LogP) is 3.57. The van der Waals surface area contributed by atoms with Crippen molar-refractivity contribution in [1.29, 1.82) is 0 Å². The van der Waals surface area contributed by atoms with Crippen LogP contribution in [0.2, 0.25) is 0 Å². The van der Waals surface area contributed by atoms with Crippen molar-refractivity contribution in [3.63, 3.8) is 0 Å². The SMILES string of the molecule is C=CC(O)(C/C=C/[C@H]1[C@@H]2CC(=C)C(=O)[C@H]2C[C@H]1O)CCCCC. The highest BCUT2D eigenvalue weighted by Crippen LogP contribution is 2.48. The first-order chi connectivity index (χ1) is 10.9. The number of Topliss-reactive ketones (excluding diaryl/α,β-unsaturated/α-hetero) is 1. The molecule has 2 aliphatic rings. The number of aliphatic hydroxyl groups excluding tert-OH is 1. The van der Waals surface area contributed by atoms with Crippen molar-refractivity contribution in [3.8, 4) is 0 Å². The molecular formula is C20H30O3. The highest BCUT2D eigenvalue weighted by Gasteiger charge is 2.49. The minimum absolute atomic E-state index is 0.00657. The largest absolute Gasteiger partial charge is 0.392 e. The molecule has 2 aliphatic carbocycles. The van der Waals surface area contributed by atoms with E-state index in [0.29, 0.717) is 31.3 Å². The van der Waals surface area contributed by atoms with Crippen molar-refractivity contribution in [1.82, 2.24) is 0 Å². The first-order valence-electron chi connectivity index (χ1n) is 8.84. The molecule has 128 valence electrons. The first-order valence-corrected chi connectivity index (χ1v) is 8.84. The van der Waals surface area contributed by atoms with E-state index >= 15 is 0 Å². The van der Waals surface area contributed by atoms with Gasteiger partial charge in [-0.05, 0) is 37.2 Å². The smallest absolute Gasteiger partial charge is 0.161 e. The van der Waals surface area contributed by atoms with Crippen LogP contribution in [-0.2, 0) is 4.79 Å². The summed E-state index contributed by atoms with van der Waals surface area (Å²) in [5.41, 5.74) is -0.170. The topological polar surface area (TPSA) is 57.5 Å². The molecule has 3 heteroatoms. The molecule has 5 atom stereocenters. The van der Waals surface area contributed by atoms with E-state index in [0.717, 1.165) is 19.3 Å². The summed E-state index contributed by atoms with van der Waals surface area (Å²) in [6.07, 6.45) is 10.8. The number of hydrogen-bond donors (Lipinski definition) is 2. The van der Waals surface area contributed by atoms with Crippen molar-refractivity contribution in [2.45, 2.75) is 63.6 Å². The zero-order chi connectivity index (χ0) is 17.0. The maximum absolute atomic E-state index is 12.0. The molecule has 0 bridgehead atoms. The molecular weight excluding hydrogens is 288 g/mol. The van der Waals surface area contributed by atoms with E-state index < -0.39 is 11.7 Å². The molecule has 2 saturated carbocycles. The van der Waals surface area contributed by atoms with Gasteiger partial charge in [0.1, 0.15) is 0 Å². The number of ketones is 1. The summed E-state index contributed by atoms with van der Waals surface area (Å²) < 4.78 is 0. The van der Waals surface area contributed by atoms with Gasteiger partial charge in [-0.25, -0.2) is 0 Å². The number of carbonyl (C=O) groups excluding carboxylic acids is 1. The molecule has 0 spiro atoms. The number of fused-ring (bicyclic) bond motifs is 1. The fourth-order valence-electron chi connectivity index (χ4n) is 4.04. The lowest BCUT2D eigenvalue weighted by molar-refractivity contribution is -0.118. The van der Waals surface area contributed by atoms with Crippen LogP contribution in [0.4, 0.5) is 0 Å². The maximum atomic E-state index is 12.0. The molecule has 0 aromatic rings. The van der Waals surface area contributed by atoms with Gasteiger partial charge < -0.3 is 10.2 Å². The van der Waals surface area contributed by atoms with Gasteiger partial charge >= 0.3 is 0 Å². The van der Waals surface area contributed by atoms with Crippen molar-refractivity contribution in [2.75, 3.05) is 0 Å². The molecule has 0 aliphatic heterocycles. The number of aliphatic hydroxyl groups is 2. The highest BCUT2D eigenvalue weighted by atomic mass is 16.3. The summed E-state index contributed by atoms with van der Waals surface area (Å²) >= 11 is 0. The third-order valence-electron chi connectivity index (χ3n) is 5.54. The molecule has 0 aromatic carbocycles. The first kappa shape index (κ1) is 18.2. The molecule has 0 amide bonds. The predicted molar refractivity (Wildman–Crippen MR) is 92.9 cm³/mol. The van der Waals surface area contributed by atoms with Crippen LogP contribution < -0.4 is 0 Å². The van der Waals surface area contributed by atoms with Crippen LogP contribution in [0.3, 0.4) is 0 Å². The van der Waals surface area contributed by atoms with Gasteiger partial charge in [0.15, 0.2) is 5.78 Å². The average molecular weight is 318 g/mol. The summed E-state index contributed by atoms with van der Waals surface area (Å²) in [5, 5.41) is 20.8. The Bertz CT molecular complexity index is 493. The molecule has 3 nitrogen and oxygen atoms in total. The van der Waals surface area contributed by atoms with Crippen LogP contribution in [-0.4, -0.2) is 27.7 Å². The Kier molecular flexibility index (Phi) is 5.99. The zero-order valence-electron chi connectivity index (χ0n) is 14.2. The number of unbranched alkanes of at least 4 members (excludes halogenated alkanes) is 2. The summed E-state index contributed by atoms with van der Waals surface area (Å²) in [6, 6.07) is 0. The number of allylic oxidation sites excluding steroid dienone is 1. The number of rotatable bonds is 8. The third-order valence-corrected chi connectivity index (χ3v) is 5.54. The van der Waals surface area contributed by atoms with Gasteiger partial charge in [0.2, 0.25) is 0 Å². The van der Waals surface area contributed by atoms with E-state index in [1.807, 2.05) is 12.2 Å². The molecule has 0 heterocycles. The van der Waals surface area contributed by atoms with Crippen LogP contribution in [0.1, 0.15) is 51.9 Å². The van der Waals surface area contributed by atoms with Gasteiger partial charge in [-0.15, -0.1) is 6.58 Å². The minimum atomic E-state index is -0.871. The Morgan fingerprint density at radius 3 is 2.78 bits per heavy atom. The van der Waals surface area contributed by atoms with Gasteiger partial charge in [-0.1, -0.05) is 51.0 Å². The zero-order valence-corrected chi connectivity index (χ0v) is 14.2. The van der Waals surface area contributed by atoms with Crippen LogP contribution in [0.15, 0.2) is 37.0 Å². The number of hydrogen-bond acceptors (Lipinski definition) is 3. The second kappa shape index (κ2) is 7.59. The Hall–Kier alpha value is -1.19. The standard InChI is InChI=1S/C20H30O3/c1-4-6-7-10-20(23,5-2)11-8-9-15-16-12-14(3)19(22)17(16)13-18(15)21/h5,8-9,15-18,21,23H,2-4,6-7,10-13H2,1H3/b9-8+/t15-,16-,17-,18+,20?/m0/s1. The van der Waals surface area contributed by atoms with Crippen molar-refractivity contribution in [3.05, 3.63) is 37.0 Å². The summed E-state index contributed by atoms with van der Waals surface area (Å²) in [4.78, 5) is 12.0. The summed E-state index contributed by atoms with van der Waals surface area (Å²) in [5.74, 6) is 0.244. The lowest BCUT2D eigenvalue weighted by Gasteiger charge is -2.23. The highest BCUT2D eigenvalue weighted by molar-refractivity contribution is 5.99. The molecule has 0 aromatic heterocycles. The fourth-order valence-corrected chi connectivity index (χ4v) is 4.04.